The lowest BCUT2D eigenvalue weighted by Gasteiger charge is -2.26. The Balaban J connectivity index is 2.03. The van der Waals surface area contributed by atoms with E-state index in [-0.39, 0.29) is 23.5 Å². The fraction of sp³-hybridized carbons (Fsp3) is 0.588. The minimum Gasteiger partial charge on any atom is -0.484 e. The summed E-state index contributed by atoms with van der Waals surface area (Å²) in [6, 6.07) is 4.78. The van der Waals surface area contributed by atoms with Crippen LogP contribution in [-0.4, -0.2) is 57.6 Å². The first kappa shape index (κ1) is 19.7. The van der Waals surface area contributed by atoms with E-state index in [1.54, 1.807) is 19.1 Å². The highest BCUT2D eigenvalue weighted by molar-refractivity contribution is 7.89. The number of hydrogen-bond acceptors (Lipinski definition) is 5. The third kappa shape index (κ3) is 5.17. The van der Waals surface area contributed by atoms with Crippen LogP contribution in [0.1, 0.15) is 25.8 Å². The second-order valence-corrected chi connectivity index (χ2v) is 8.05. The Labute approximate surface area is 149 Å². The Morgan fingerprint density at radius 2 is 2.04 bits per heavy atom. The van der Waals surface area contributed by atoms with Gasteiger partial charge in [0.25, 0.3) is 5.91 Å². The van der Waals surface area contributed by atoms with Crippen molar-refractivity contribution < 1.29 is 22.7 Å². The van der Waals surface area contributed by atoms with Gasteiger partial charge in [-0.2, -0.15) is 4.31 Å². The summed E-state index contributed by atoms with van der Waals surface area (Å²) in [4.78, 5) is 12.0. The first-order valence-corrected chi connectivity index (χ1v) is 9.89. The Hall–Kier alpha value is -1.64. The maximum absolute atomic E-state index is 12.6. The zero-order valence-corrected chi connectivity index (χ0v) is 15.8. The summed E-state index contributed by atoms with van der Waals surface area (Å²) in [5, 5.41) is 2.82. The Kier molecular flexibility index (Phi) is 6.80. The molecule has 0 aromatic heterocycles. The third-order valence-corrected chi connectivity index (χ3v) is 6.03. The van der Waals surface area contributed by atoms with Gasteiger partial charge in [0.15, 0.2) is 6.61 Å². The van der Waals surface area contributed by atoms with Gasteiger partial charge in [0, 0.05) is 19.1 Å². The van der Waals surface area contributed by atoms with Crippen LogP contribution in [0.2, 0.25) is 0 Å². The zero-order chi connectivity index (χ0) is 18.4. The topological polar surface area (TPSA) is 84.9 Å². The van der Waals surface area contributed by atoms with Crippen LogP contribution in [0.15, 0.2) is 23.1 Å². The average Bonchev–Trinajstić information content (AvgIpc) is 2.61. The molecule has 1 aromatic rings. The summed E-state index contributed by atoms with van der Waals surface area (Å²) >= 11 is 0. The number of nitrogens with zero attached hydrogens (tertiary/aromatic N) is 1. The fourth-order valence-corrected chi connectivity index (χ4v) is 3.94. The molecule has 140 valence electrons. The molecule has 1 heterocycles. The number of amides is 1. The lowest BCUT2D eigenvalue weighted by molar-refractivity contribution is -0.123. The van der Waals surface area contributed by atoms with E-state index < -0.39 is 10.0 Å². The van der Waals surface area contributed by atoms with Gasteiger partial charge in [-0.3, -0.25) is 4.79 Å². The number of nitrogens with one attached hydrogen (secondary N) is 1. The van der Waals surface area contributed by atoms with Crippen LogP contribution < -0.4 is 10.1 Å². The maximum atomic E-state index is 12.6. The van der Waals surface area contributed by atoms with E-state index in [1.807, 2.05) is 13.8 Å². The lowest BCUT2D eigenvalue weighted by Crippen LogP contribution is -2.40. The number of sulfonamides is 1. The van der Waals surface area contributed by atoms with Crippen LogP contribution in [-0.2, 0) is 19.6 Å². The van der Waals surface area contributed by atoms with Crippen LogP contribution in [0.25, 0.3) is 0 Å². The SMILES string of the molecule is CC[C@H](C)NC(=O)COc1ccc(S(=O)(=O)N2CCOCC2)cc1C. The molecule has 1 fully saturated rings. The third-order valence-electron chi connectivity index (χ3n) is 4.13. The molecule has 1 aliphatic heterocycles. The minimum atomic E-state index is -3.53. The summed E-state index contributed by atoms with van der Waals surface area (Å²) in [5.74, 6) is 0.305. The van der Waals surface area contributed by atoms with Crippen LogP contribution >= 0.6 is 0 Å². The molecule has 0 aliphatic carbocycles. The maximum Gasteiger partial charge on any atom is 0.258 e. The molecular formula is C17H26N2O5S. The molecule has 0 saturated carbocycles. The average molecular weight is 370 g/mol. The van der Waals surface area contributed by atoms with E-state index >= 15 is 0 Å². The summed E-state index contributed by atoms with van der Waals surface area (Å²) in [6.45, 7) is 7.11. The van der Waals surface area contributed by atoms with Crippen molar-refractivity contribution in [2.75, 3.05) is 32.9 Å². The summed E-state index contributed by atoms with van der Waals surface area (Å²) in [6.07, 6.45) is 0.846. The lowest BCUT2D eigenvalue weighted by atomic mass is 10.2. The standard InChI is InChI=1S/C17H26N2O5S/c1-4-14(3)18-17(20)12-24-16-6-5-15(11-13(16)2)25(21,22)19-7-9-23-10-8-19/h5-6,11,14H,4,7-10,12H2,1-3H3,(H,18,20)/t14-/m0/s1. The molecule has 25 heavy (non-hydrogen) atoms. The molecule has 1 aliphatic rings. The van der Waals surface area contributed by atoms with Crippen molar-refractivity contribution in [3.8, 4) is 5.75 Å². The van der Waals surface area contributed by atoms with Gasteiger partial charge < -0.3 is 14.8 Å². The summed E-state index contributed by atoms with van der Waals surface area (Å²) in [5.41, 5.74) is 0.672. The van der Waals surface area contributed by atoms with Crippen molar-refractivity contribution in [1.29, 1.82) is 0 Å². The number of hydrogen-bond donors (Lipinski definition) is 1. The van der Waals surface area contributed by atoms with Gasteiger partial charge >= 0.3 is 0 Å². The highest BCUT2D eigenvalue weighted by Gasteiger charge is 2.26. The van der Waals surface area contributed by atoms with Crippen LogP contribution in [0.4, 0.5) is 0 Å². The molecular weight excluding hydrogens is 344 g/mol. The number of carbonyl (C=O) groups excluding carboxylic acids is 1. The molecule has 0 bridgehead atoms. The normalized spacial score (nSPS) is 17.1. The molecule has 7 nitrogen and oxygen atoms in total. The Morgan fingerprint density at radius 1 is 1.36 bits per heavy atom. The molecule has 1 saturated heterocycles. The number of benzene rings is 1. The highest BCUT2D eigenvalue weighted by Crippen LogP contribution is 2.24. The van der Waals surface area contributed by atoms with Gasteiger partial charge in [-0.1, -0.05) is 6.92 Å². The van der Waals surface area contributed by atoms with Gasteiger partial charge in [-0.05, 0) is 44.0 Å². The van der Waals surface area contributed by atoms with Crippen LogP contribution in [0.5, 0.6) is 5.75 Å². The molecule has 2 rings (SSSR count). The largest absolute Gasteiger partial charge is 0.484 e. The van der Waals surface area contributed by atoms with Gasteiger partial charge in [-0.15, -0.1) is 0 Å². The van der Waals surface area contributed by atoms with Crippen molar-refractivity contribution in [3.63, 3.8) is 0 Å². The predicted octanol–water partition coefficient (Wildman–Crippen LogP) is 1.31. The first-order chi connectivity index (χ1) is 11.8. The first-order valence-electron chi connectivity index (χ1n) is 8.45. The highest BCUT2D eigenvalue weighted by atomic mass is 32.2. The number of morpholine rings is 1. The summed E-state index contributed by atoms with van der Waals surface area (Å²) in [7, 11) is -3.53. The van der Waals surface area contributed by atoms with E-state index in [2.05, 4.69) is 5.32 Å². The van der Waals surface area contributed by atoms with Crippen LogP contribution in [0.3, 0.4) is 0 Å². The van der Waals surface area contributed by atoms with Crippen molar-refractivity contribution in [3.05, 3.63) is 23.8 Å². The number of aryl methyl sites for hydroxylation is 1. The van der Waals surface area contributed by atoms with E-state index in [0.717, 1.165) is 6.42 Å². The van der Waals surface area contributed by atoms with Gasteiger partial charge in [0.05, 0.1) is 18.1 Å². The molecule has 1 amide bonds. The monoisotopic (exact) mass is 370 g/mol. The van der Waals surface area contributed by atoms with Crippen molar-refractivity contribution >= 4 is 15.9 Å². The molecule has 1 aromatic carbocycles. The van der Waals surface area contributed by atoms with E-state index in [0.29, 0.717) is 37.6 Å². The Bertz CT molecular complexity index is 699. The summed E-state index contributed by atoms with van der Waals surface area (Å²) < 4.78 is 37.4. The van der Waals surface area contributed by atoms with E-state index in [9.17, 15) is 13.2 Å². The fourth-order valence-electron chi connectivity index (χ4n) is 2.44. The molecule has 0 spiro atoms. The van der Waals surface area contributed by atoms with E-state index in [4.69, 9.17) is 9.47 Å². The minimum absolute atomic E-state index is 0.0956. The van der Waals surface area contributed by atoms with Crippen molar-refractivity contribution in [2.24, 2.45) is 0 Å². The predicted molar refractivity (Wildman–Crippen MR) is 94.1 cm³/mol. The number of ether oxygens (including phenoxy) is 2. The van der Waals surface area contributed by atoms with Crippen LogP contribution in [0, 0.1) is 6.92 Å². The molecule has 1 atom stereocenters. The van der Waals surface area contributed by atoms with Gasteiger partial charge in [-0.25, -0.2) is 8.42 Å². The number of rotatable bonds is 7. The molecule has 0 radical (unpaired) electrons. The van der Waals surface area contributed by atoms with Gasteiger partial charge in [0.1, 0.15) is 5.75 Å². The second-order valence-electron chi connectivity index (χ2n) is 6.11. The second kappa shape index (κ2) is 8.64. The zero-order valence-electron chi connectivity index (χ0n) is 14.9. The Morgan fingerprint density at radius 3 is 2.64 bits per heavy atom. The molecule has 1 N–H and O–H groups in total. The molecule has 0 unspecified atom stereocenters. The van der Waals surface area contributed by atoms with Crippen molar-refractivity contribution in [1.82, 2.24) is 9.62 Å². The smallest absolute Gasteiger partial charge is 0.258 e. The number of carbonyl (C=O) groups is 1. The molecule has 8 heteroatoms. The van der Waals surface area contributed by atoms with Crippen molar-refractivity contribution in [2.45, 2.75) is 38.1 Å². The quantitative estimate of drug-likeness (QED) is 0.782. The van der Waals surface area contributed by atoms with Gasteiger partial charge in [0.2, 0.25) is 10.0 Å². The van der Waals surface area contributed by atoms with E-state index in [1.165, 1.54) is 10.4 Å².